The van der Waals surface area contributed by atoms with Gasteiger partial charge in [0.2, 0.25) is 11.8 Å². The molecule has 2 aromatic rings. The molecule has 118 valence electrons. The Morgan fingerprint density at radius 1 is 1.13 bits per heavy atom. The molecule has 0 aliphatic carbocycles. The van der Waals surface area contributed by atoms with Crippen LogP contribution in [-0.4, -0.2) is 17.9 Å². The zero-order valence-electron chi connectivity index (χ0n) is 13.1. The highest BCUT2D eigenvalue weighted by Gasteiger charge is 2.27. The van der Waals surface area contributed by atoms with Gasteiger partial charge in [0.1, 0.15) is 6.04 Å². The van der Waals surface area contributed by atoms with Crippen LogP contribution < -0.4 is 16.0 Å². The lowest BCUT2D eigenvalue weighted by Gasteiger charge is -2.26. The molecule has 3 N–H and O–H groups in total. The maximum Gasteiger partial charge on any atom is 0.247 e. The fourth-order valence-corrected chi connectivity index (χ4v) is 2.68. The van der Waals surface area contributed by atoms with Crippen molar-refractivity contribution in [2.75, 3.05) is 16.0 Å². The Morgan fingerprint density at radius 2 is 1.87 bits per heavy atom. The van der Waals surface area contributed by atoms with E-state index in [0.717, 1.165) is 28.2 Å². The Morgan fingerprint density at radius 3 is 2.61 bits per heavy atom. The van der Waals surface area contributed by atoms with Gasteiger partial charge in [0.25, 0.3) is 0 Å². The maximum absolute atomic E-state index is 12.2. The highest BCUT2D eigenvalue weighted by atomic mass is 16.2. The number of fused-ring (bicyclic) bond motifs is 1. The van der Waals surface area contributed by atoms with Gasteiger partial charge < -0.3 is 16.0 Å². The van der Waals surface area contributed by atoms with Crippen molar-refractivity contribution in [2.45, 2.75) is 26.3 Å². The van der Waals surface area contributed by atoms with Gasteiger partial charge >= 0.3 is 0 Å². The molecule has 2 aromatic carbocycles. The fourth-order valence-electron chi connectivity index (χ4n) is 2.68. The predicted molar refractivity (Wildman–Crippen MR) is 91.6 cm³/mol. The van der Waals surface area contributed by atoms with Crippen LogP contribution in [0.4, 0.5) is 17.1 Å². The summed E-state index contributed by atoms with van der Waals surface area (Å²) < 4.78 is 0. The molecule has 1 aliphatic heterocycles. The summed E-state index contributed by atoms with van der Waals surface area (Å²) in [4.78, 5) is 24.3. The second-order valence-corrected chi connectivity index (χ2v) is 5.80. The van der Waals surface area contributed by atoms with E-state index in [4.69, 9.17) is 0 Å². The highest BCUT2D eigenvalue weighted by molar-refractivity contribution is 6.06. The van der Waals surface area contributed by atoms with Crippen LogP contribution in [0.3, 0.4) is 0 Å². The molecule has 0 aromatic heterocycles. The Kier molecular flexibility index (Phi) is 4.02. The molecule has 0 saturated carbocycles. The van der Waals surface area contributed by atoms with E-state index in [1.807, 2.05) is 56.3 Å². The number of para-hydroxylation sites is 2. The molecule has 2 amide bonds. The van der Waals surface area contributed by atoms with E-state index < -0.39 is 6.04 Å². The number of benzene rings is 2. The second-order valence-electron chi connectivity index (χ2n) is 5.80. The molecule has 1 atom stereocenters. The smallest absolute Gasteiger partial charge is 0.247 e. The SMILES string of the molecule is Cc1ccc(NC(=O)CC2Nc3ccccc3NC2=O)c(C)c1. The lowest BCUT2D eigenvalue weighted by atomic mass is 10.1. The Hall–Kier alpha value is -2.82. The molecule has 1 aliphatic rings. The first-order chi connectivity index (χ1) is 11.0. The van der Waals surface area contributed by atoms with E-state index in [1.165, 1.54) is 0 Å². The van der Waals surface area contributed by atoms with Crippen LogP contribution in [0, 0.1) is 13.8 Å². The van der Waals surface area contributed by atoms with Gasteiger partial charge in [-0.05, 0) is 37.6 Å². The van der Waals surface area contributed by atoms with Crippen LogP contribution in [0.25, 0.3) is 0 Å². The average molecular weight is 309 g/mol. The lowest BCUT2D eigenvalue weighted by molar-refractivity contribution is -0.122. The normalized spacial score (nSPS) is 16.1. The number of amides is 2. The molecule has 0 radical (unpaired) electrons. The van der Waals surface area contributed by atoms with E-state index in [1.54, 1.807) is 0 Å². The quantitative estimate of drug-likeness (QED) is 0.816. The number of hydrogen-bond donors (Lipinski definition) is 3. The van der Waals surface area contributed by atoms with E-state index in [-0.39, 0.29) is 18.2 Å². The van der Waals surface area contributed by atoms with Gasteiger partial charge in [-0.2, -0.15) is 0 Å². The Bertz CT molecular complexity index is 771. The predicted octanol–water partition coefficient (Wildman–Crippen LogP) is 3.06. The summed E-state index contributed by atoms with van der Waals surface area (Å²) in [5, 5.41) is 8.80. The van der Waals surface area contributed by atoms with Crippen LogP contribution >= 0.6 is 0 Å². The summed E-state index contributed by atoms with van der Waals surface area (Å²) >= 11 is 0. The zero-order valence-corrected chi connectivity index (χ0v) is 13.1. The molecule has 0 spiro atoms. The molecule has 1 heterocycles. The van der Waals surface area contributed by atoms with Gasteiger partial charge in [-0.15, -0.1) is 0 Å². The van der Waals surface area contributed by atoms with E-state index >= 15 is 0 Å². The Balaban J connectivity index is 1.67. The van der Waals surface area contributed by atoms with Crippen LogP contribution in [0.5, 0.6) is 0 Å². The van der Waals surface area contributed by atoms with Crippen LogP contribution in [0.1, 0.15) is 17.5 Å². The molecule has 0 saturated heterocycles. The number of hydrogen-bond acceptors (Lipinski definition) is 3. The number of rotatable bonds is 3. The standard InChI is InChI=1S/C18H19N3O2/c1-11-7-8-13(12(2)9-11)20-17(22)10-16-18(23)21-15-6-4-3-5-14(15)19-16/h3-9,16,19H,10H2,1-2H3,(H,20,22)(H,21,23). The van der Waals surface area contributed by atoms with Crippen LogP contribution in [0.2, 0.25) is 0 Å². The van der Waals surface area contributed by atoms with Gasteiger partial charge in [0, 0.05) is 5.69 Å². The van der Waals surface area contributed by atoms with Crippen molar-refractivity contribution in [2.24, 2.45) is 0 Å². The molecular formula is C18H19N3O2. The fraction of sp³-hybridized carbons (Fsp3) is 0.222. The van der Waals surface area contributed by atoms with Crippen molar-refractivity contribution < 1.29 is 9.59 Å². The molecule has 3 rings (SSSR count). The molecule has 23 heavy (non-hydrogen) atoms. The lowest BCUT2D eigenvalue weighted by Crippen LogP contribution is -2.41. The maximum atomic E-state index is 12.2. The van der Waals surface area contributed by atoms with Gasteiger partial charge in [0.15, 0.2) is 0 Å². The first-order valence-electron chi connectivity index (χ1n) is 7.56. The Labute approximate surface area is 135 Å². The number of anilines is 3. The number of carbonyl (C=O) groups is 2. The average Bonchev–Trinajstić information content (AvgIpc) is 2.51. The molecule has 5 heteroatoms. The van der Waals surface area contributed by atoms with E-state index in [9.17, 15) is 9.59 Å². The molecule has 5 nitrogen and oxygen atoms in total. The van der Waals surface area contributed by atoms with Crippen molar-refractivity contribution in [3.8, 4) is 0 Å². The molecule has 0 bridgehead atoms. The van der Waals surface area contributed by atoms with Crippen molar-refractivity contribution >= 4 is 28.9 Å². The summed E-state index contributed by atoms with van der Waals surface area (Å²) in [6, 6.07) is 12.7. The molecule has 0 fully saturated rings. The first kappa shape index (κ1) is 15.1. The second kappa shape index (κ2) is 6.12. The number of nitrogens with one attached hydrogen (secondary N) is 3. The third-order valence-electron chi connectivity index (χ3n) is 3.88. The minimum atomic E-state index is -0.573. The third-order valence-corrected chi connectivity index (χ3v) is 3.88. The van der Waals surface area contributed by atoms with Crippen molar-refractivity contribution in [3.05, 3.63) is 53.6 Å². The summed E-state index contributed by atoms with van der Waals surface area (Å²) in [6.45, 7) is 3.96. The third kappa shape index (κ3) is 3.34. The van der Waals surface area contributed by atoms with E-state index in [0.29, 0.717) is 0 Å². The first-order valence-corrected chi connectivity index (χ1v) is 7.56. The monoisotopic (exact) mass is 309 g/mol. The molecular weight excluding hydrogens is 290 g/mol. The highest BCUT2D eigenvalue weighted by Crippen LogP contribution is 2.27. The minimum absolute atomic E-state index is 0.0769. The minimum Gasteiger partial charge on any atom is -0.372 e. The van der Waals surface area contributed by atoms with Crippen molar-refractivity contribution in [1.29, 1.82) is 0 Å². The van der Waals surface area contributed by atoms with Gasteiger partial charge in [0.05, 0.1) is 17.8 Å². The number of aryl methyl sites for hydroxylation is 2. The van der Waals surface area contributed by atoms with Crippen molar-refractivity contribution in [1.82, 2.24) is 0 Å². The summed E-state index contributed by atoms with van der Waals surface area (Å²) in [6.07, 6.45) is 0.0769. The van der Waals surface area contributed by atoms with Gasteiger partial charge in [-0.25, -0.2) is 0 Å². The van der Waals surface area contributed by atoms with Crippen LogP contribution in [-0.2, 0) is 9.59 Å². The number of carbonyl (C=O) groups excluding carboxylic acids is 2. The van der Waals surface area contributed by atoms with Gasteiger partial charge in [-0.1, -0.05) is 29.8 Å². The summed E-state index contributed by atoms with van der Waals surface area (Å²) in [5.74, 6) is -0.386. The van der Waals surface area contributed by atoms with Crippen LogP contribution in [0.15, 0.2) is 42.5 Å². The zero-order chi connectivity index (χ0) is 16.4. The summed E-state index contributed by atoms with van der Waals surface area (Å²) in [5.41, 5.74) is 4.49. The largest absolute Gasteiger partial charge is 0.372 e. The summed E-state index contributed by atoms with van der Waals surface area (Å²) in [7, 11) is 0. The van der Waals surface area contributed by atoms with E-state index in [2.05, 4.69) is 16.0 Å². The van der Waals surface area contributed by atoms with Crippen molar-refractivity contribution in [3.63, 3.8) is 0 Å². The molecule has 1 unspecified atom stereocenters. The topological polar surface area (TPSA) is 70.2 Å². The van der Waals surface area contributed by atoms with Gasteiger partial charge in [-0.3, -0.25) is 9.59 Å².